The van der Waals surface area contributed by atoms with Gasteiger partial charge in [0.25, 0.3) is 0 Å². The molecule has 0 radical (unpaired) electrons. The molecule has 0 aliphatic rings. The lowest BCUT2D eigenvalue weighted by atomic mass is 10.1. The maximum atomic E-state index is 12.7. The van der Waals surface area contributed by atoms with Gasteiger partial charge in [-0.1, -0.05) is 49.4 Å². The molecule has 0 aliphatic carbocycles. The Morgan fingerprint density at radius 2 is 1.71 bits per heavy atom. The average molecular weight is 402 g/mol. The first-order valence-corrected chi connectivity index (χ1v) is 11.0. The molecule has 0 N–H and O–H groups in total. The monoisotopic (exact) mass is 401 g/mol. The summed E-state index contributed by atoms with van der Waals surface area (Å²) in [5.41, 5.74) is 1.88. The van der Waals surface area contributed by atoms with Gasteiger partial charge in [0.15, 0.2) is 0 Å². The zero-order valence-electron chi connectivity index (χ0n) is 16.5. The minimum absolute atomic E-state index is 0.0629. The summed E-state index contributed by atoms with van der Waals surface area (Å²) >= 11 is 0. The highest BCUT2D eigenvalue weighted by atomic mass is 32.2. The first-order chi connectivity index (χ1) is 13.3. The third-order valence-electron chi connectivity index (χ3n) is 4.48. The SMILES string of the molecule is CC[C@@H](C)N(Cc1ccc(OS(=O)(=O)CC)cc1)C(=O)/C=C/c1ccccc1. The van der Waals surface area contributed by atoms with E-state index in [1.165, 1.54) is 6.92 Å². The molecule has 0 heterocycles. The lowest BCUT2D eigenvalue weighted by Gasteiger charge is -2.27. The maximum absolute atomic E-state index is 12.7. The zero-order chi connectivity index (χ0) is 20.6. The number of hydrogen-bond acceptors (Lipinski definition) is 4. The summed E-state index contributed by atoms with van der Waals surface area (Å²) in [4.78, 5) is 14.6. The molecule has 5 nitrogen and oxygen atoms in total. The quantitative estimate of drug-likeness (QED) is 0.465. The van der Waals surface area contributed by atoms with Gasteiger partial charge in [0.1, 0.15) is 5.75 Å². The zero-order valence-corrected chi connectivity index (χ0v) is 17.4. The van der Waals surface area contributed by atoms with E-state index in [1.54, 1.807) is 35.2 Å². The van der Waals surface area contributed by atoms with E-state index in [-0.39, 0.29) is 23.5 Å². The van der Waals surface area contributed by atoms with Gasteiger partial charge in [0.05, 0.1) is 5.75 Å². The van der Waals surface area contributed by atoms with Gasteiger partial charge in [-0.2, -0.15) is 8.42 Å². The van der Waals surface area contributed by atoms with Crippen molar-refractivity contribution in [3.05, 3.63) is 71.8 Å². The van der Waals surface area contributed by atoms with Gasteiger partial charge in [-0.3, -0.25) is 4.79 Å². The van der Waals surface area contributed by atoms with Gasteiger partial charge in [0, 0.05) is 18.7 Å². The Morgan fingerprint density at radius 3 is 2.29 bits per heavy atom. The Kier molecular flexibility index (Phi) is 7.81. The summed E-state index contributed by atoms with van der Waals surface area (Å²) in [7, 11) is -3.55. The number of carbonyl (C=O) groups excluding carboxylic acids is 1. The minimum Gasteiger partial charge on any atom is -0.382 e. The van der Waals surface area contributed by atoms with Crippen molar-refractivity contribution < 1.29 is 17.4 Å². The van der Waals surface area contributed by atoms with E-state index in [9.17, 15) is 13.2 Å². The Labute approximate surface area is 167 Å². The fourth-order valence-electron chi connectivity index (χ4n) is 2.55. The Hall–Kier alpha value is -2.60. The fraction of sp³-hybridized carbons (Fsp3) is 0.318. The van der Waals surface area contributed by atoms with Crippen molar-refractivity contribution >= 4 is 22.1 Å². The van der Waals surface area contributed by atoms with Gasteiger partial charge in [-0.25, -0.2) is 0 Å². The van der Waals surface area contributed by atoms with E-state index in [2.05, 4.69) is 0 Å². The van der Waals surface area contributed by atoms with E-state index in [4.69, 9.17) is 4.18 Å². The van der Waals surface area contributed by atoms with Crippen molar-refractivity contribution in [3.8, 4) is 5.75 Å². The first kappa shape index (κ1) is 21.7. The van der Waals surface area contributed by atoms with Crippen LogP contribution in [-0.4, -0.2) is 31.0 Å². The topological polar surface area (TPSA) is 63.7 Å². The van der Waals surface area contributed by atoms with Crippen LogP contribution in [0, 0.1) is 0 Å². The van der Waals surface area contributed by atoms with Crippen molar-refractivity contribution in [1.82, 2.24) is 4.90 Å². The molecule has 150 valence electrons. The number of hydrogen-bond donors (Lipinski definition) is 0. The van der Waals surface area contributed by atoms with Crippen LogP contribution in [-0.2, 0) is 21.5 Å². The second-order valence-electron chi connectivity index (χ2n) is 6.54. The van der Waals surface area contributed by atoms with Crippen LogP contribution in [0.2, 0.25) is 0 Å². The predicted molar refractivity (Wildman–Crippen MR) is 112 cm³/mol. The number of rotatable bonds is 9. The van der Waals surface area contributed by atoms with Gasteiger partial charge in [0.2, 0.25) is 5.91 Å². The van der Waals surface area contributed by atoms with Crippen LogP contribution in [0.3, 0.4) is 0 Å². The van der Waals surface area contributed by atoms with Gasteiger partial charge in [-0.05, 0) is 49.6 Å². The largest absolute Gasteiger partial charge is 0.382 e. The molecule has 2 rings (SSSR count). The molecule has 0 saturated carbocycles. The molecule has 0 unspecified atom stereocenters. The third kappa shape index (κ3) is 6.53. The van der Waals surface area contributed by atoms with Crippen LogP contribution in [0.1, 0.15) is 38.3 Å². The van der Waals surface area contributed by atoms with Gasteiger partial charge in [-0.15, -0.1) is 0 Å². The Morgan fingerprint density at radius 1 is 1.07 bits per heavy atom. The van der Waals surface area contributed by atoms with E-state index in [1.807, 2.05) is 50.3 Å². The molecule has 1 amide bonds. The van der Waals surface area contributed by atoms with Gasteiger partial charge < -0.3 is 9.08 Å². The highest BCUT2D eigenvalue weighted by molar-refractivity contribution is 7.87. The van der Waals surface area contributed by atoms with Crippen LogP contribution >= 0.6 is 0 Å². The predicted octanol–water partition coefficient (Wildman–Crippen LogP) is 4.26. The van der Waals surface area contributed by atoms with Crippen LogP contribution in [0.25, 0.3) is 6.08 Å². The van der Waals surface area contributed by atoms with Crippen LogP contribution in [0.4, 0.5) is 0 Å². The molecule has 0 bridgehead atoms. The highest BCUT2D eigenvalue weighted by Gasteiger charge is 2.17. The van der Waals surface area contributed by atoms with Crippen molar-refractivity contribution in [1.29, 1.82) is 0 Å². The van der Waals surface area contributed by atoms with Crippen molar-refractivity contribution in [2.75, 3.05) is 5.75 Å². The molecule has 0 aromatic heterocycles. The first-order valence-electron chi connectivity index (χ1n) is 9.39. The summed E-state index contributed by atoms with van der Waals surface area (Å²) in [6.45, 7) is 6.02. The van der Waals surface area contributed by atoms with Crippen molar-refractivity contribution in [2.45, 2.75) is 39.8 Å². The summed E-state index contributed by atoms with van der Waals surface area (Å²) in [6, 6.07) is 16.5. The smallest absolute Gasteiger partial charge is 0.308 e. The maximum Gasteiger partial charge on any atom is 0.308 e. The molecule has 0 fully saturated rings. The van der Waals surface area contributed by atoms with E-state index in [0.29, 0.717) is 6.54 Å². The van der Waals surface area contributed by atoms with E-state index in [0.717, 1.165) is 17.5 Å². The summed E-state index contributed by atoms with van der Waals surface area (Å²) < 4.78 is 28.1. The lowest BCUT2D eigenvalue weighted by Crippen LogP contribution is -2.36. The van der Waals surface area contributed by atoms with Crippen molar-refractivity contribution in [2.24, 2.45) is 0 Å². The Bertz CT molecular complexity index is 890. The number of carbonyl (C=O) groups is 1. The number of benzene rings is 2. The van der Waals surface area contributed by atoms with Gasteiger partial charge >= 0.3 is 10.1 Å². The van der Waals surface area contributed by atoms with Crippen LogP contribution < -0.4 is 4.18 Å². The van der Waals surface area contributed by atoms with E-state index >= 15 is 0 Å². The average Bonchev–Trinajstić information content (AvgIpc) is 2.71. The molecule has 2 aromatic rings. The summed E-state index contributed by atoms with van der Waals surface area (Å²) in [6.07, 6.45) is 4.23. The molecule has 2 aromatic carbocycles. The molecule has 6 heteroatoms. The number of nitrogens with zero attached hydrogens (tertiary/aromatic N) is 1. The fourth-order valence-corrected chi connectivity index (χ4v) is 3.07. The molecular weight excluding hydrogens is 374 g/mol. The van der Waals surface area contributed by atoms with Crippen LogP contribution in [0.15, 0.2) is 60.7 Å². The molecular formula is C22H27NO4S. The molecule has 0 spiro atoms. The summed E-state index contributed by atoms with van der Waals surface area (Å²) in [5, 5.41) is 0. The lowest BCUT2D eigenvalue weighted by molar-refractivity contribution is -0.128. The molecule has 0 aliphatic heterocycles. The second-order valence-corrected chi connectivity index (χ2v) is 8.40. The number of amides is 1. The molecule has 1 atom stereocenters. The molecule has 0 saturated heterocycles. The van der Waals surface area contributed by atoms with E-state index < -0.39 is 10.1 Å². The van der Waals surface area contributed by atoms with Crippen LogP contribution in [0.5, 0.6) is 5.75 Å². The Balaban J connectivity index is 2.11. The van der Waals surface area contributed by atoms with Crippen molar-refractivity contribution in [3.63, 3.8) is 0 Å². The third-order valence-corrected chi connectivity index (χ3v) is 5.63. The standard InChI is InChI=1S/C22H27NO4S/c1-4-18(3)23(22(24)16-13-19-9-7-6-8-10-19)17-20-11-14-21(15-12-20)27-28(25,26)5-2/h6-16,18H,4-5,17H2,1-3H3/b16-13+/t18-/m1/s1. The second kappa shape index (κ2) is 10.1. The molecule has 28 heavy (non-hydrogen) atoms. The summed E-state index contributed by atoms with van der Waals surface area (Å²) in [5.74, 6) is 0.127. The highest BCUT2D eigenvalue weighted by Crippen LogP contribution is 2.18. The minimum atomic E-state index is -3.55. The normalized spacial score (nSPS) is 12.7.